The molecule has 3 saturated heterocycles. The van der Waals surface area contributed by atoms with Crippen molar-refractivity contribution in [1.29, 1.82) is 0 Å². The topological polar surface area (TPSA) is 95.1 Å². The first-order valence-electron chi connectivity index (χ1n) is 11.9. The lowest BCUT2D eigenvalue weighted by Gasteiger charge is -2.40. The molecule has 8 nitrogen and oxygen atoms in total. The van der Waals surface area contributed by atoms with E-state index in [1.54, 1.807) is 12.1 Å². The quantitative estimate of drug-likeness (QED) is 0.613. The SMILES string of the molecule is CC(C)c1ccc(S(=O)(=O)N2CCC(C(=O)N3CCN(C4CCS(=O)(=O)C4)CC3)CC2)cc1. The number of hydrogen-bond donors (Lipinski definition) is 0. The number of nitrogens with zero attached hydrogens (tertiary/aromatic N) is 3. The molecule has 0 saturated carbocycles. The molecule has 1 unspecified atom stereocenters. The minimum absolute atomic E-state index is 0.0790. The van der Waals surface area contributed by atoms with Crippen LogP contribution in [0.2, 0.25) is 0 Å². The summed E-state index contributed by atoms with van der Waals surface area (Å²) in [5.74, 6) is 0.788. The standard InChI is InChI=1S/C23H35N3O5S2/c1-18(2)19-3-5-22(6-4-19)33(30,31)26-10-7-20(8-11-26)23(27)25-14-12-24(13-15-25)21-9-16-32(28,29)17-21/h3-6,18,20-21H,7-17H2,1-2H3. The van der Waals surface area contributed by atoms with Crippen molar-refractivity contribution in [3.63, 3.8) is 0 Å². The van der Waals surface area contributed by atoms with Crippen LogP contribution in [0.1, 0.15) is 44.6 Å². The summed E-state index contributed by atoms with van der Waals surface area (Å²) in [6, 6.07) is 7.17. The molecule has 0 aliphatic carbocycles. The highest BCUT2D eigenvalue weighted by atomic mass is 32.2. The number of sulfonamides is 1. The van der Waals surface area contributed by atoms with E-state index in [1.807, 2.05) is 17.0 Å². The molecule has 3 fully saturated rings. The third kappa shape index (κ3) is 5.44. The summed E-state index contributed by atoms with van der Waals surface area (Å²) in [6.45, 7) is 7.47. The Bertz CT molecular complexity index is 1050. The second kappa shape index (κ2) is 9.64. The summed E-state index contributed by atoms with van der Waals surface area (Å²) < 4.78 is 51.1. The van der Waals surface area contributed by atoms with Gasteiger partial charge in [-0.25, -0.2) is 16.8 Å². The zero-order valence-electron chi connectivity index (χ0n) is 19.5. The van der Waals surface area contributed by atoms with Crippen LogP contribution in [0.25, 0.3) is 0 Å². The fraction of sp³-hybridized carbons (Fsp3) is 0.696. The van der Waals surface area contributed by atoms with Crippen molar-refractivity contribution in [2.45, 2.75) is 50.0 Å². The number of carbonyl (C=O) groups is 1. The van der Waals surface area contributed by atoms with Gasteiger partial charge in [0.05, 0.1) is 16.4 Å². The second-order valence-electron chi connectivity index (χ2n) is 9.82. The molecular formula is C23H35N3O5S2. The summed E-state index contributed by atoms with van der Waals surface area (Å²) in [7, 11) is -6.46. The van der Waals surface area contributed by atoms with Crippen molar-refractivity contribution in [1.82, 2.24) is 14.1 Å². The molecule has 3 aliphatic heterocycles. The third-order valence-electron chi connectivity index (χ3n) is 7.34. The number of benzene rings is 1. The maximum absolute atomic E-state index is 13.1. The van der Waals surface area contributed by atoms with E-state index in [9.17, 15) is 21.6 Å². The van der Waals surface area contributed by atoms with Crippen LogP contribution in [-0.2, 0) is 24.7 Å². The number of rotatable bonds is 5. The van der Waals surface area contributed by atoms with Crippen molar-refractivity contribution in [3.8, 4) is 0 Å². The lowest BCUT2D eigenvalue weighted by atomic mass is 9.96. The van der Waals surface area contributed by atoms with Gasteiger partial charge in [-0.3, -0.25) is 9.69 Å². The lowest BCUT2D eigenvalue weighted by molar-refractivity contribution is -0.138. The fourth-order valence-electron chi connectivity index (χ4n) is 5.15. The van der Waals surface area contributed by atoms with Gasteiger partial charge in [-0.05, 0) is 42.9 Å². The van der Waals surface area contributed by atoms with E-state index >= 15 is 0 Å². The van der Waals surface area contributed by atoms with Crippen LogP contribution < -0.4 is 0 Å². The second-order valence-corrected chi connectivity index (χ2v) is 14.0. The molecule has 1 amide bonds. The van der Waals surface area contributed by atoms with Gasteiger partial charge >= 0.3 is 0 Å². The van der Waals surface area contributed by atoms with Gasteiger partial charge in [-0.2, -0.15) is 4.31 Å². The van der Waals surface area contributed by atoms with E-state index in [0.29, 0.717) is 69.3 Å². The van der Waals surface area contributed by atoms with Crippen LogP contribution >= 0.6 is 0 Å². The summed E-state index contributed by atoms with van der Waals surface area (Å²) in [4.78, 5) is 17.4. The molecule has 3 aliphatic rings. The molecule has 1 aromatic rings. The number of piperidine rings is 1. The van der Waals surface area contributed by atoms with E-state index in [-0.39, 0.29) is 29.4 Å². The highest BCUT2D eigenvalue weighted by Crippen LogP contribution is 2.27. The monoisotopic (exact) mass is 497 g/mol. The summed E-state index contributed by atoms with van der Waals surface area (Å²) in [5.41, 5.74) is 1.10. The number of piperazine rings is 1. The van der Waals surface area contributed by atoms with E-state index in [2.05, 4.69) is 18.7 Å². The van der Waals surface area contributed by atoms with Crippen LogP contribution in [-0.4, -0.2) is 93.7 Å². The number of hydrogen-bond acceptors (Lipinski definition) is 6. The van der Waals surface area contributed by atoms with Crippen LogP contribution in [0.4, 0.5) is 0 Å². The van der Waals surface area contributed by atoms with Crippen LogP contribution in [0, 0.1) is 5.92 Å². The first-order valence-corrected chi connectivity index (χ1v) is 15.2. The van der Waals surface area contributed by atoms with Crippen LogP contribution in [0.3, 0.4) is 0 Å². The smallest absolute Gasteiger partial charge is 0.243 e. The van der Waals surface area contributed by atoms with Crippen molar-refractivity contribution < 1.29 is 21.6 Å². The Morgan fingerprint density at radius 3 is 2.06 bits per heavy atom. The van der Waals surface area contributed by atoms with Gasteiger partial charge in [0.2, 0.25) is 15.9 Å². The molecule has 10 heteroatoms. The Balaban J connectivity index is 1.28. The van der Waals surface area contributed by atoms with Gasteiger partial charge in [-0.1, -0.05) is 26.0 Å². The average Bonchev–Trinajstić information content (AvgIpc) is 3.18. The Morgan fingerprint density at radius 1 is 0.939 bits per heavy atom. The van der Waals surface area contributed by atoms with Gasteiger partial charge in [0.15, 0.2) is 9.84 Å². The molecular weight excluding hydrogens is 462 g/mol. The molecule has 1 aromatic carbocycles. The first-order chi connectivity index (χ1) is 15.6. The molecule has 184 valence electrons. The molecule has 4 rings (SSSR count). The Labute approximate surface area is 197 Å². The van der Waals surface area contributed by atoms with Crippen LogP contribution in [0.15, 0.2) is 29.2 Å². The van der Waals surface area contributed by atoms with Gasteiger partial charge in [0.25, 0.3) is 0 Å². The van der Waals surface area contributed by atoms with E-state index in [1.165, 1.54) is 4.31 Å². The third-order valence-corrected chi connectivity index (χ3v) is 11.0. The zero-order valence-corrected chi connectivity index (χ0v) is 21.2. The predicted molar refractivity (Wildman–Crippen MR) is 127 cm³/mol. The molecule has 0 spiro atoms. The predicted octanol–water partition coefficient (Wildman–Crippen LogP) is 1.54. The summed E-state index contributed by atoms with van der Waals surface area (Å²) >= 11 is 0. The minimum Gasteiger partial charge on any atom is -0.340 e. The van der Waals surface area contributed by atoms with Gasteiger partial charge in [-0.15, -0.1) is 0 Å². The molecule has 0 radical (unpaired) electrons. The average molecular weight is 498 g/mol. The first kappa shape index (κ1) is 24.6. The van der Waals surface area contributed by atoms with Gasteiger partial charge in [0.1, 0.15) is 0 Å². The number of amides is 1. The van der Waals surface area contributed by atoms with Crippen molar-refractivity contribution in [2.75, 3.05) is 50.8 Å². The number of sulfone groups is 1. The fourth-order valence-corrected chi connectivity index (χ4v) is 8.38. The minimum atomic E-state index is -3.55. The van der Waals surface area contributed by atoms with Gasteiger partial charge in [0, 0.05) is 51.2 Å². The summed E-state index contributed by atoms with van der Waals surface area (Å²) in [6.07, 6.45) is 1.75. The van der Waals surface area contributed by atoms with E-state index < -0.39 is 19.9 Å². The molecule has 0 N–H and O–H groups in total. The lowest BCUT2D eigenvalue weighted by Crippen LogP contribution is -2.54. The molecule has 0 bridgehead atoms. The van der Waals surface area contributed by atoms with Crippen molar-refractivity contribution in [2.24, 2.45) is 5.92 Å². The number of carbonyl (C=O) groups excluding carboxylic acids is 1. The molecule has 33 heavy (non-hydrogen) atoms. The van der Waals surface area contributed by atoms with E-state index in [4.69, 9.17) is 0 Å². The van der Waals surface area contributed by atoms with Crippen molar-refractivity contribution >= 4 is 25.8 Å². The van der Waals surface area contributed by atoms with Gasteiger partial charge < -0.3 is 4.90 Å². The van der Waals surface area contributed by atoms with Crippen molar-refractivity contribution in [3.05, 3.63) is 29.8 Å². The maximum atomic E-state index is 13.1. The van der Waals surface area contributed by atoms with Crippen LogP contribution in [0.5, 0.6) is 0 Å². The Morgan fingerprint density at radius 2 is 1.55 bits per heavy atom. The highest BCUT2D eigenvalue weighted by Gasteiger charge is 2.37. The van der Waals surface area contributed by atoms with E-state index in [0.717, 1.165) is 5.56 Å². The summed E-state index contributed by atoms with van der Waals surface area (Å²) in [5, 5.41) is 0. The maximum Gasteiger partial charge on any atom is 0.243 e. The zero-order chi connectivity index (χ0) is 23.8. The normalized spacial score (nSPS) is 25.5. The highest BCUT2D eigenvalue weighted by molar-refractivity contribution is 7.91. The largest absolute Gasteiger partial charge is 0.340 e. The molecule has 0 aromatic heterocycles. The molecule has 3 heterocycles. The Kier molecular flexibility index (Phi) is 7.19. The Hall–Kier alpha value is -1.49. The molecule has 1 atom stereocenters.